The minimum Gasteiger partial charge on any atom is -0.464 e. The zero-order valence-corrected chi connectivity index (χ0v) is 13.8. The van der Waals surface area contributed by atoms with E-state index in [-0.39, 0.29) is 5.82 Å². The summed E-state index contributed by atoms with van der Waals surface area (Å²) in [4.78, 5) is 13.2. The summed E-state index contributed by atoms with van der Waals surface area (Å²) < 4.78 is 17.6. The van der Waals surface area contributed by atoms with Gasteiger partial charge in [0, 0.05) is 30.1 Å². The van der Waals surface area contributed by atoms with E-state index in [0.29, 0.717) is 30.4 Å². The van der Waals surface area contributed by atoms with Crippen LogP contribution < -0.4 is 5.73 Å². The van der Waals surface area contributed by atoms with Crippen LogP contribution in [-0.2, 0) is 23.1 Å². The van der Waals surface area contributed by atoms with Crippen LogP contribution in [-0.4, -0.2) is 52.4 Å². The number of hydrogen-bond acceptors (Lipinski definition) is 7. The summed E-state index contributed by atoms with van der Waals surface area (Å²) >= 11 is 0. The largest absolute Gasteiger partial charge is 0.464 e. The Labute approximate surface area is 132 Å². The minimum absolute atomic E-state index is 0.0354. The molecule has 0 bridgehead atoms. The summed E-state index contributed by atoms with van der Waals surface area (Å²) in [5.74, 6) is 2.21. The van der Waals surface area contributed by atoms with E-state index in [0.717, 1.165) is 12.0 Å². The van der Waals surface area contributed by atoms with Gasteiger partial charge in [-0.05, 0) is 26.2 Å². The second-order valence-electron chi connectivity index (χ2n) is 5.15. The van der Waals surface area contributed by atoms with E-state index in [4.69, 9.17) is 10.2 Å². The molecule has 0 aromatic carbocycles. The van der Waals surface area contributed by atoms with Crippen LogP contribution in [0.5, 0.6) is 0 Å². The van der Waals surface area contributed by atoms with Gasteiger partial charge in [0.1, 0.15) is 11.5 Å². The third-order valence-corrected chi connectivity index (χ3v) is 4.07. The first kappa shape index (κ1) is 18.2. The Balaban J connectivity index is 2.43. The fourth-order valence-electron chi connectivity index (χ4n) is 1.70. The van der Waals surface area contributed by atoms with Crippen molar-refractivity contribution >= 4 is 10.8 Å². The molecule has 1 atom stereocenters. The van der Waals surface area contributed by atoms with E-state index < -0.39 is 15.7 Å². The smallest absolute Gasteiger partial charge is 0.274 e. The van der Waals surface area contributed by atoms with E-state index in [9.17, 15) is 14.3 Å². The predicted octanol–water partition coefficient (Wildman–Crippen LogP) is 0.556. The number of nitro groups is 1. The molecule has 0 spiro atoms. The second-order valence-corrected chi connectivity index (χ2v) is 6.73. The Morgan fingerprint density at radius 2 is 2.05 bits per heavy atom. The number of nitrogens with two attached hydrogens (primary N) is 1. The van der Waals surface area contributed by atoms with Gasteiger partial charge in [0.05, 0.1) is 17.2 Å². The van der Waals surface area contributed by atoms with Crippen LogP contribution in [0.3, 0.4) is 0 Å². The van der Waals surface area contributed by atoms with Crippen molar-refractivity contribution in [2.75, 3.05) is 33.4 Å². The molecule has 0 saturated carbocycles. The van der Waals surface area contributed by atoms with Gasteiger partial charge in [-0.1, -0.05) is 0 Å². The van der Waals surface area contributed by atoms with Crippen LogP contribution in [0, 0.1) is 10.1 Å². The molecule has 1 aromatic rings. The molecule has 1 aromatic heterocycles. The highest BCUT2D eigenvalue weighted by Crippen LogP contribution is 2.11. The number of rotatable bonds is 9. The predicted molar refractivity (Wildman–Crippen MR) is 84.7 cm³/mol. The molecule has 1 rings (SSSR count). The maximum atomic E-state index is 12.0. The molecule has 0 aliphatic rings. The van der Waals surface area contributed by atoms with Crippen molar-refractivity contribution < 1.29 is 13.5 Å². The molecular formula is C13H22N4O4S. The van der Waals surface area contributed by atoms with Crippen molar-refractivity contribution in [2.24, 2.45) is 5.73 Å². The Bertz CT molecular complexity index is 556. The first-order valence-electron chi connectivity index (χ1n) is 6.67. The van der Waals surface area contributed by atoms with Gasteiger partial charge in [0.25, 0.3) is 6.20 Å². The lowest BCUT2D eigenvalue weighted by Crippen LogP contribution is -2.28. The lowest BCUT2D eigenvalue weighted by molar-refractivity contribution is -0.404. The van der Waals surface area contributed by atoms with E-state index in [1.54, 1.807) is 7.05 Å². The van der Waals surface area contributed by atoms with Gasteiger partial charge in [-0.25, -0.2) is 0 Å². The fourth-order valence-corrected chi connectivity index (χ4v) is 2.80. The quantitative estimate of drug-likeness (QED) is 0.521. The molecule has 1 heterocycles. The topological polar surface area (TPSA) is 106 Å². The van der Waals surface area contributed by atoms with Crippen LogP contribution in [0.2, 0.25) is 0 Å². The van der Waals surface area contributed by atoms with Crippen molar-refractivity contribution in [1.29, 1.82) is 0 Å². The van der Waals surface area contributed by atoms with Gasteiger partial charge in [-0.3, -0.25) is 14.3 Å². The first-order chi connectivity index (χ1) is 10.3. The normalized spacial score (nSPS) is 13.4. The fraction of sp³-hybridized carbons (Fsp3) is 0.538. The lowest BCUT2D eigenvalue weighted by atomic mass is 10.4. The summed E-state index contributed by atoms with van der Waals surface area (Å²) in [7, 11) is 4.38. The standard InChI is InChI=1S/C13H22N4O4S/c1-15(2)8-11-4-5-12(21-11)10-22(20)7-6-16(3)13(14)9-17(18)19/h4-5,9H,6-8,10,14H2,1-3H3/b13-9+. The van der Waals surface area contributed by atoms with Gasteiger partial charge in [0.2, 0.25) is 0 Å². The van der Waals surface area contributed by atoms with Crippen LogP contribution in [0.15, 0.2) is 28.6 Å². The van der Waals surface area contributed by atoms with Gasteiger partial charge in [-0.15, -0.1) is 0 Å². The van der Waals surface area contributed by atoms with Crippen molar-refractivity contribution in [3.8, 4) is 0 Å². The molecule has 0 saturated heterocycles. The molecule has 0 aliphatic heterocycles. The Morgan fingerprint density at radius 1 is 1.41 bits per heavy atom. The highest BCUT2D eigenvalue weighted by molar-refractivity contribution is 7.84. The summed E-state index contributed by atoms with van der Waals surface area (Å²) in [6.45, 7) is 1.06. The molecule has 8 nitrogen and oxygen atoms in total. The zero-order chi connectivity index (χ0) is 16.7. The molecule has 0 amide bonds. The molecule has 0 aliphatic carbocycles. The average molecular weight is 330 g/mol. The third-order valence-electron chi connectivity index (χ3n) is 2.83. The molecule has 22 heavy (non-hydrogen) atoms. The zero-order valence-electron chi connectivity index (χ0n) is 13.0. The number of furan rings is 1. The summed E-state index contributed by atoms with van der Waals surface area (Å²) in [6, 6.07) is 3.69. The second kappa shape index (κ2) is 8.54. The average Bonchev–Trinajstić information content (AvgIpc) is 2.81. The van der Waals surface area contributed by atoms with Crippen LogP contribution >= 0.6 is 0 Å². The maximum Gasteiger partial charge on any atom is 0.274 e. The summed E-state index contributed by atoms with van der Waals surface area (Å²) in [6.07, 6.45) is 0.725. The molecule has 0 fully saturated rings. The molecular weight excluding hydrogens is 308 g/mol. The molecule has 1 unspecified atom stereocenters. The highest BCUT2D eigenvalue weighted by Gasteiger charge is 2.10. The molecule has 9 heteroatoms. The Morgan fingerprint density at radius 3 is 2.64 bits per heavy atom. The minimum atomic E-state index is -1.12. The van der Waals surface area contributed by atoms with Crippen LogP contribution in [0.25, 0.3) is 0 Å². The van der Waals surface area contributed by atoms with Gasteiger partial charge in [0.15, 0.2) is 5.82 Å². The monoisotopic (exact) mass is 330 g/mol. The maximum absolute atomic E-state index is 12.0. The van der Waals surface area contributed by atoms with Crippen molar-refractivity contribution in [3.05, 3.63) is 45.8 Å². The highest BCUT2D eigenvalue weighted by atomic mass is 32.2. The van der Waals surface area contributed by atoms with Gasteiger partial charge in [-0.2, -0.15) is 0 Å². The molecule has 124 valence electrons. The number of hydrogen-bond donors (Lipinski definition) is 1. The van der Waals surface area contributed by atoms with E-state index in [1.165, 1.54) is 4.90 Å². The molecule has 0 radical (unpaired) electrons. The van der Waals surface area contributed by atoms with Crippen molar-refractivity contribution in [1.82, 2.24) is 9.80 Å². The van der Waals surface area contributed by atoms with Crippen LogP contribution in [0.4, 0.5) is 0 Å². The Hall–Kier alpha value is -1.87. The first-order valence-corrected chi connectivity index (χ1v) is 8.16. The van der Waals surface area contributed by atoms with Gasteiger partial charge < -0.3 is 20.0 Å². The van der Waals surface area contributed by atoms with E-state index in [1.807, 2.05) is 31.1 Å². The lowest BCUT2D eigenvalue weighted by Gasteiger charge is -2.16. The summed E-state index contributed by atoms with van der Waals surface area (Å²) in [5, 5.41) is 10.3. The van der Waals surface area contributed by atoms with Crippen molar-refractivity contribution in [2.45, 2.75) is 12.3 Å². The third kappa shape index (κ3) is 6.72. The number of nitrogens with zero attached hydrogens (tertiary/aromatic N) is 3. The van der Waals surface area contributed by atoms with Crippen molar-refractivity contribution in [3.63, 3.8) is 0 Å². The SMILES string of the molecule is CN(C)Cc1ccc(CS(=O)CCN(C)/C(N)=C/[N+](=O)[O-])o1. The van der Waals surface area contributed by atoms with Gasteiger partial charge >= 0.3 is 0 Å². The van der Waals surface area contributed by atoms with E-state index in [2.05, 4.69) is 0 Å². The Kier molecular flexibility index (Phi) is 7.06. The van der Waals surface area contributed by atoms with Crippen LogP contribution in [0.1, 0.15) is 11.5 Å². The summed E-state index contributed by atoms with van der Waals surface area (Å²) in [5.41, 5.74) is 5.53. The van der Waals surface area contributed by atoms with E-state index >= 15 is 0 Å². The molecule has 2 N–H and O–H groups in total.